The van der Waals surface area contributed by atoms with Gasteiger partial charge in [-0.1, -0.05) is 122 Å². The molecule has 3 fully saturated rings. The van der Waals surface area contributed by atoms with Crippen molar-refractivity contribution in [3.63, 3.8) is 0 Å². The van der Waals surface area contributed by atoms with Crippen LogP contribution in [0.3, 0.4) is 0 Å². The van der Waals surface area contributed by atoms with Gasteiger partial charge in [0.1, 0.15) is 0 Å². The topological polar surface area (TPSA) is 0 Å². The van der Waals surface area contributed by atoms with Crippen molar-refractivity contribution in [1.82, 2.24) is 0 Å². The van der Waals surface area contributed by atoms with Crippen LogP contribution in [0.5, 0.6) is 0 Å². The molecule has 0 radical (unpaired) electrons. The van der Waals surface area contributed by atoms with Crippen LogP contribution in [0.15, 0.2) is 0 Å². The maximum atomic E-state index is 12.2. The minimum absolute atomic E-state index is 0.120. The summed E-state index contributed by atoms with van der Waals surface area (Å²) < 4.78 is 12.2. The van der Waals surface area contributed by atoms with Gasteiger partial charge < -0.3 is 0 Å². The molecule has 3 saturated carbocycles. The molecule has 0 aliphatic heterocycles. The van der Waals surface area contributed by atoms with Crippen molar-refractivity contribution in [1.29, 1.82) is 0 Å². The zero-order valence-electron chi connectivity index (χ0n) is 24.6. The van der Waals surface area contributed by atoms with E-state index in [4.69, 9.17) is 0 Å². The molecular weight excluding hydrogens is 439 g/mol. The SMILES string of the molecule is CCCCCCCCCC1CCC(C2CCC(C3CCC(CCCCCCCCF)CC3)CC2)CC1. The van der Waals surface area contributed by atoms with Crippen molar-refractivity contribution < 1.29 is 4.39 Å². The molecule has 0 unspecified atom stereocenters. The third kappa shape index (κ3) is 11.8. The Balaban J connectivity index is 1.18. The number of rotatable bonds is 18. The number of hydrogen-bond donors (Lipinski definition) is 0. The van der Waals surface area contributed by atoms with Crippen LogP contribution in [0.1, 0.15) is 180 Å². The highest BCUT2D eigenvalue weighted by molar-refractivity contribution is 4.86. The lowest BCUT2D eigenvalue weighted by molar-refractivity contribution is 0.102. The molecular formula is C35H65F. The van der Waals surface area contributed by atoms with E-state index in [1.807, 2.05) is 0 Å². The molecule has 0 atom stereocenters. The second-order valence-electron chi connectivity index (χ2n) is 13.7. The normalized spacial score (nSPS) is 31.5. The van der Waals surface area contributed by atoms with E-state index in [0.717, 1.165) is 48.3 Å². The van der Waals surface area contributed by atoms with Crippen LogP contribution in [0.2, 0.25) is 0 Å². The molecule has 3 aliphatic rings. The van der Waals surface area contributed by atoms with Crippen LogP contribution < -0.4 is 0 Å². The van der Waals surface area contributed by atoms with Crippen molar-refractivity contribution in [2.24, 2.45) is 35.5 Å². The van der Waals surface area contributed by atoms with Gasteiger partial charge in [-0.3, -0.25) is 4.39 Å². The number of alkyl halides is 1. The summed E-state index contributed by atoms with van der Waals surface area (Å²) in [6.07, 6.45) is 39.2. The molecule has 0 bridgehead atoms. The first-order valence-electron chi connectivity index (χ1n) is 17.4. The predicted molar refractivity (Wildman–Crippen MR) is 157 cm³/mol. The Kier molecular flexibility index (Phi) is 16.1. The van der Waals surface area contributed by atoms with Gasteiger partial charge in [-0.2, -0.15) is 0 Å². The van der Waals surface area contributed by atoms with E-state index in [1.165, 1.54) is 96.3 Å². The minimum Gasteiger partial charge on any atom is -0.251 e. The average molecular weight is 505 g/mol. The third-order valence-electron chi connectivity index (χ3n) is 11.1. The molecule has 0 heterocycles. The zero-order valence-corrected chi connectivity index (χ0v) is 24.6. The molecule has 0 aromatic heterocycles. The van der Waals surface area contributed by atoms with Crippen molar-refractivity contribution in [3.05, 3.63) is 0 Å². The second-order valence-corrected chi connectivity index (χ2v) is 13.7. The fraction of sp³-hybridized carbons (Fsp3) is 1.00. The lowest BCUT2D eigenvalue weighted by atomic mass is 9.64. The van der Waals surface area contributed by atoms with Gasteiger partial charge in [-0.05, 0) is 93.3 Å². The van der Waals surface area contributed by atoms with Crippen LogP contribution in [0.25, 0.3) is 0 Å². The molecule has 0 N–H and O–H groups in total. The van der Waals surface area contributed by atoms with Crippen LogP contribution in [-0.4, -0.2) is 6.67 Å². The fourth-order valence-electron chi connectivity index (χ4n) is 8.61. The van der Waals surface area contributed by atoms with Gasteiger partial charge in [-0.15, -0.1) is 0 Å². The molecule has 3 rings (SSSR count). The van der Waals surface area contributed by atoms with Gasteiger partial charge in [0.2, 0.25) is 0 Å². The quantitative estimate of drug-likeness (QED) is 0.163. The first-order valence-corrected chi connectivity index (χ1v) is 17.4. The van der Waals surface area contributed by atoms with Crippen molar-refractivity contribution in [2.75, 3.05) is 6.67 Å². The van der Waals surface area contributed by atoms with Gasteiger partial charge in [-0.25, -0.2) is 0 Å². The highest BCUT2D eigenvalue weighted by Crippen LogP contribution is 2.46. The summed E-state index contributed by atoms with van der Waals surface area (Å²) in [5.74, 6) is 6.42. The lowest BCUT2D eigenvalue weighted by Gasteiger charge is -2.41. The van der Waals surface area contributed by atoms with E-state index in [2.05, 4.69) is 6.92 Å². The third-order valence-corrected chi connectivity index (χ3v) is 11.1. The molecule has 0 amide bonds. The average Bonchev–Trinajstić information content (AvgIpc) is 2.93. The standard InChI is InChI=1S/C35H65F/c1-2-3-4-5-6-9-12-15-30-17-21-32(22-18-30)34-25-27-35(28-26-34)33-23-19-31(20-24-33)16-13-10-7-8-11-14-29-36/h30-35H,2-29H2,1H3. The number of unbranched alkanes of at least 4 members (excludes halogenated alkanes) is 11. The predicted octanol–water partition coefficient (Wildman–Crippen LogP) is 12.2. The summed E-state index contributed by atoms with van der Waals surface area (Å²) in [5, 5.41) is 0. The van der Waals surface area contributed by atoms with Crippen LogP contribution in [0.4, 0.5) is 4.39 Å². The van der Waals surface area contributed by atoms with Crippen LogP contribution in [-0.2, 0) is 0 Å². The van der Waals surface area contributed by atoms with Gasteiger partial charge in [0.25, 0.3) is 0 Å². The highest BCUT2D eigenvalue weighted by Gasteiger charge is 2.34. The van der Waals surface area contributed by atoms with E-state index >= 15 is 0 Å². The Morgan fingerprint density at radius 3 is 1.06 bits per heavy atom. The largest absolute Gasteiger partial charge is 0.251 e. The summed E-state index contributed by atoms with van der Waals surface area (Å²) in [5.41, 5.74) is 0. The molecule has 0 nitrogen and oxygen atoms in total. The first kappa shape index (κ1) is 30.5. The molecule has 1 heteroatoms. The maximum Gasteiger partial charge on any atom is 0.0894 e. The molecule has 3 aliphatic carbocycles. The Hall–Kier alpha value is -0.0700. The van der Waals surface area contributed by atoms with Crippen molar-refractivity contribution in [3.8, 4) is 0 Å². The first-order chi connectivity index (χ1) is 17.8. The Morgan fingerprint density at radius 2 is 0.694 bits per heavy atom. The van der Waals surface area contributed by atoms with E-state index in [1.54, 1.807) is 64.2 Å². The highest BCUT2D eigenvalue weighted by atomic mass is 19.1. The van der Waals surface area contributed by atoms with E-state index in [0.29, 0.717) is 0 Å². The molecule has 0 aromatic rings. The Labute approximate surface area is 226 Å². The van der Waals surface area contributed by atoms with Crippen LogP contribution in [0, 0.1) is 35.5 Å². The van der Waals surface area contributed by atoms with Gasteiger partial charge in [0.15, 0.2) is 0 Å². The Morgan fingerprint density at radius 1 is 0.389 bits per heavy atom. The zero-order chi connectivity index (χ0) is 25.3. The summed E-state index contributed by atoms with van der Waals surface area (Å²) in [7, 11) is 0. The fourth-order valence-corrected chi connectivity index (χ4v) is 8.61. The second kappa shape index (κ2) is 19.1. The van der Waals surface area contributed by atoms with Gasteiger partial charge >= 0.3 is 0 Å². The molecule has 0 saturated heterocycles. The maximum absolute atomic E-state index is 12.2. The lowest BCUT2D eigenvalue weighted by Crippen LogP contribution is -2.29. The summed E-state index contributed by atoms with van der Waals surface area (Å²) in [4.78, 5) is 0. The molecule has 36 heavy (non-hydrogen) atoms. The molecule has 212 valence electrons. The monoisotopic (exact) mass is 505 g/mol. The van der Waals surface area contributed by atoms with E-state index < -0.39 is 0 Å². The number of hydrogen-bond acceptors (Lipinski definition) is 0. The molecule has 0 spiro atoms. The number of halogens is 1. The van der Waals surface area contributed by atoms with Gasteiger partial charge in [0, 0.05) is 0 Å². The Bertz CT molecular complexity index is 445. The minimum atomic E-state index is -0.120. The summed E-state index contributed by atoms with van der Waals surface area (Å²) in [6.45, 7) is 2.20. The van der Waals surface area contributed by atoms with E-state index in [-0.39, 0.29) is 6.67 Å². The summed E-state index contributed by atoms with van der Waals surface area (Å²) in [6, 6.07) is 0. The van der Waals surface area contributed by atoms with Crippen LogP contribution >= 0.6 is 0 Å². The van der Waals surface area contributed by atoms with Crippen molar-refractivity contribution >= 4 is 0 Å². The van der Waals surface area contributed by atoms with E-state index in [9.17, 15) is 4.39 Å². The summed E-state index contributed by atoms with van der Waals surface area (Å²) >= 11 is 0. The van der Waals surface area contributed by atoms with Crippen molar-refractivity contribution in [2.45, 2.75) is 180 Å². The van der Waals surface area contributed by atoms with Gasteiger partial charge in [0.05, 0.1) is 6.67 Å². The molecule has 0 aromatic carbocycles. The smallest absolute Gasteiger partial charge is 0.0894 e.